The molecule has 3 heteroatoms. The first-order valence-electron chi connectivity index (χ1n) is 23.8. The van der Waals surface area contributed by atoms with E-state index in [2.05, 4.69) is 254 Å². The Morgan fingerprint density at radius 1 is 0.246 bits per heavy atom. The fourth-order valence-electron chi connectivity index (χ4n) is 12.6. The fourth-order valence-corrected chi connectivity index (χ4v) is 15.0. The van der Waals surface area contributed by atoms with Crippen LogP contribution in [0.1, 0.15) is 44.5 Å². The van der Waals surface area contributed by atoms with Gasteiger partial charge in [0, 0.05) is 36.6 Å². The summed E-state index contributed by atoms with van der Waals surface area (Å²) in [6.07, 6.45) is 0. The molecule has 69 heavy (non-hydrogen) atoms. The number of hydrogen-bond acceptors (Lipinski definition) is 3. The van der Waals surface area contributed by atoms with E-state index in [0.29, 0.717) is 0 Å². The van der Waals surface area contributed by atoms with Crippen molar-refractivity contribution in [1.82, 2.24) is 0 Å². The highest BCUT2D eigenvalue weighted by molar-refractivity contribution is 7.99. The highest BCUT2D eigenvalue weighted by atomic mass is 32.2. The SMILES string of the molecule is c1ccc(-c2ccc3cc(N(c4ccc5c(c4)C4(c6ccccc6Sc6ccccc64)c4ccccc4-5)c4ccc5c(c4)C4(c6ccccc6Sc6ccccc64)c4ccccc4-5)ccc3c2)cc1. The summed E-state index contributed by atoms with van der Waals surface area (Å²) in [6, 6.07) is 93.9. The lowest BCUT2D eigenvalue weighted by molar-refractivity contribution is 0.721. The van der Waals surface area contributed by atoms with Crippen molar-refractivity contribution in [3.05, 3.63) is 293 Å². The minimum absolute atomic E-state index is 0.500. The summed E-state index contributed by atoms with van der Waals surface area (Å²) >= 11 is 3.79. The Balaban J connectivity index is 1.00. The summed E-state index contributed by atoms with van der Waals surface area (Å²) in [4.78, 5) is 7.75. The van der Waals surface area contributed by atoms with Crippen LogP contribution in [0.15, 0.2) is 268 Å². The van der Waals surface area contributed by atoms with Gasteiger partial charge in [-0.1, -0.05) is 206 Å². The van der Waals surface area contributed by atoms with Gasteiger partial charge in [0.2, 0.25) is 0 Å². The number of rotatable bonds is 4. The molecule has 0 amide bonds. The van der Waals surface area contributed by atoms with Crippen LogP contribution in [0.4, 0.5) is 17.1 Å². The quantitative estimate of drug-likeness (QED) is 0.173. The number of nitrogens with zero attached hydrogens (tertiary/aromatic N) is 1. The Bertz CT molecular complexity index is 3660. The van der Waals surface area contributed by atoms with E-state index >= 15 is 0 Å². The molecule has 2 aliphatic carbocycles. The second kappa shape index (κ2) is 14.8. The van der Waals surface area contributed by atoms with Crippen LogP contribution >= 0.6 is 23.5 Å². The minimum Gasteiger partial charge on any atom is -0.310 e. The van der Waals surface area contributed by atoms with Gasteiger partial charge in [-0.05, 0) is 155 Å². The molecule has 2 spiro atoms. The lowest BCUT2D eigenvalue weighted by atomic mass is 9.67. The van der Waals surface area contributed by atoms with Crippen molar-refractivity contribution in [3.8, 4) is 33.4 Å². The predicted octanol–water partition coefficient (Wildman–Crippen LogP) is 17.6. The fraction of sp³-hybridized carbons (Fsp3) is 0.0303. The van der Waals surface area contributed by atoms with Crippen molar-refractivity contribution in [1.29, 1.82) is 0 Å². The second-order valence-corrected chi connectivity index (χ2v) is 20.9. The molecule has 0 fully saturated rings. The molecule has 0 saturated heterocycles. The van der Waals surface area contributed by atoms with Gasteiger partial charge in [-0.3, -0.25) is 0 Å². The molecule has 0 unspecified atom stereocenters. The molecule has 322 valence electrons. The predicted molar refractivity (Wildman–Crippen MR) is 287 cm³/mol. The lowest BCUT2D eigenvalue weighted by Crippen LogP contribution is -2.32. The normalized spacial score (nSPS) is 14.5. The molecule has 0 saturated carbocycles. The number of fused-ring (bicyclic) bond motifs is 19. The van der Waals surface area contributed by atoms with Crippen LogP contribution in [0.2, 0.25) is 0 Å². The summed E-state index contributed by atoms with van der Waals surface area (Å²) in [7, 11) is 0. The monoisotopic (exact) mass is 911 g/mol. The van der Waals surface area contributed by atoms with Crippen molar-refractivity contribution in [2.45, 2.75) is 30.4 Å². The van der Waals surface area contributed by atoms with Gasteiger partial charge in [-0.25, -0.2) is 0 Å². The van der Waals surface area contributed by atoms with Crippen LogP contribution in [0.5, 0.6) is 0 Å². The molecule has 11 aromatic rings. The van der Waals surface area contributed by atoms with Gasteiger partial charge >= 0.3 is 0 Å². The molecule has 15 rings (SSSR count). The van der Waals surface area contributed by atoms with Crippen molar-refractivity contribution < 1.29 is 0 Å². The van der Waals surface area contributed by atoms with Gasteiger partial charge < -0.3 is 4.90 Å². The van der Waals surface area contributed by atoms with E-state index in [0.717, 1.165) is 17.1 Å². The third kappa shape index (κ3) is 5.40. The van der Waals surface area contributed by atoms with E-state index in [1.54, 1.807) is 0 Å². The molecular weight excluding hydrogens is 871 g/mol. The van der Waals surface area contributed by atoms with Crippen LogP contribution in [-0.2, 0) is 10.8 Å². The average Bonchev–Trinajstić information content (AvgIpc) is 3.86. The van der Waals surface area contributed by atoms with Gasteiger partial charge in [0.05, 0.1) is 10.8 Å². The van der Waals surface area contributed by atoms with Crippen LogP contribution < -0.4 is 4.90 Å². The van der Waals surface area contributed by atoms with E-state index in [4.69, 9.17) is 0 Å². The summed E-state index contributed by atoms with van der Waals surface area (Å²) < 4.78 is 0. The summed E-state index contributed by atoms with van der Waals surface area (Å²) in [6.45, 7) is 0. The molecule has 4 aliphatic rings. The van der Waals surface area contributed by atoms with Crippen molar-refractivity contribution in [2.24, 2.45) is 0 Å². The Kier molecular flexibility index (Phi) is 8.43. The first-order valence-corrected chi connectivity index (χ1v) is 25.4. The maximum Gasteiger partial charge on any atom is 0.0736 e. The lowest BCUT2D eigenvalue weighted by Gasteiger charge is -2.40. The largest absolute Gasteiger partial charge is 0.310 e. The molecule has 2 heterocycles. The van der Waals surface area contributed by atoms with Gasteiger partial charge in [-0.15, -0.1) is 0 Å². The van der Waals surface area contributed by atoms with Crippen LogP contribution in [-0.4, -0.2) is 0 Å². The molecular formula is C66H41NS2. The van der Waals surface area contributed by atoms with Gasteiger partial charge in [0.1, 0.15) is 0 Å². The zero-order valence-corrected chi connectivity index (χ0v) is 39.1. The Hall–Kier alpha value is -7.82. The molecule has 11 aromatic carbocycles. The molecule has 1 nitrogen and oxygen atoms in total. The summed E-state index contributed by atoms with van der Waals surface area (Å²) in [5, 5.41) is 2.42. The molecule has 0 N–H and O–H groups in total. The van der Waals surface area contributed by atoms with Crippen LogP contribution in [0, 0.1) is 0 Å². The highest BCUT2D eigenvalue weighted by Gasteiger charge is 2.52. The topological polar surface area (TPSA) is 3.24 Å². The van der Waals surface area contributed by atoms with Crippen LogP contribution in [0.25, 0.3) is 44.2 Å². The van der Waals surface area contributed by atoms with Gasteiger partial charge in [-0.2, -0.15) is 0 Å². The number of anilines is 3. The van der Waals surface area contributed by atoms with Crippen molar-refractivity contribution in [2.75, 3.05) is 4.90 Å². The molecule has 0 radical (unpaired) electrons. The number of benzene rings is 11. The van der Waals surface area contributed by atoms with Crippen LogP contribution in [0.3, 0.4) is 0 Å². The van der Waals surface area contributed by atoms with Crippen molar-refractivity contribution in [3.63, 3.8) is 0 Å². The number of hydrogen-bond donors (Lipinski definition) is 0. The Morgan fingerprint density at radius 3 is 1.10 bits per heavy atom. The third-order valence-corrected chi connectivity index (χ3v) is 17.7. The molecule has 0 bridgehead atoms. The maximum atomic E-state index is 2.53. The van der Waals surface area contributed by atoms with Gasteiger partial charge in [0.15, 0.2) is 0 Å². The third-order valence-electron chi connectivity index (χ3n) is 15.4. The second-order valence-electron chi connectivity index (χ2n) is 18.7. The Morgan fingerprint density at radius 2 is 0.609 bits per heavy atom. The molecule has 2 aliphatic heterocycles. The van der Waals surface area contributed by atoms with E-state index in [9.17, 15) is 0 Å². The van der Waals surface area contributed by atoms with E-state index < -0.39 is 10.8 Å². The molecule has 0 aromatic heterocycles. The van der Waals surface area contributed by atoms with E-state index in [1.165, 1.54) is 108 Å². The summed E-state index contributed by atoms with van der Waals surface area (Å²) in [5.41, 5.74) is 20.7. The smallest absolute Gasteiger partial charge is 0.0736 e. The molecule has 0 atom stereocenters. The first-order chi connectivity index (χ1) is 34.2. The first kappa shape index (κ1) is 39.2. The zero-order valence-electron chi connectivity index (χ0n) is 37.4. The van der Waals surface area contributed by atoms with Crippen molar-refractivity contribution >= 4 is 51.4 Å². The van der Waals surface area contributed by atoms with Gasteiger partial charge in [0.25, 0.3) is 0 Å². The average molecular weight is 912 g/mol. The van der Waals surface area contributed by atoms with E-state index in [1.807, 2.05) is 23.5 Å². The highest BCUT2D eigenvalue weighted by Crippen LogP contribution is 2.65. The Labute approximate surface area is 410 Å². The minimum atomic E-state index is -0.500. The zero-order chi connectivity index (χ0) is 45.3. The van der Waals surface area contributed by atoms with E-state index in [-0.39, 0.29) is 0 Å². The maximum absolute atomic E-state index is 2.53. The standard InChI is InChI=1S/C66H41NS2/c1-2-16-42(17-3-1)43-30-31-45-39-46(33-32-44(45)38-43)67(47-34-36-51-49-18-4-6-20-53(49)65(59(51)40-47)55-22-8-12-26-61(55)68-62-27-13-9-23-56(62)65)48-35-37-52-50-19-5-7-21-54(50)66(60(52)41-48)57-24-10-14-28-63(57)69-64-29-15-11-25-58(64)66/h1-41H. The summed E-state index contributed by atoms with van der Waals surface area (Å²) in [5.74, 6) is 0.